The Kier molecular flexibility index (Phi) is 5.37. The summed E-state index contributed by atoms with van der Waals surface area (Å²) in [6.45, 7) is 1.46. The maximum absolute atomic E-state index is 12.6. The number of rotatable bonds is 3. The smallest absolute Gasteiger partial charge is 0.253 e. The number of carbonyl (C=O) groups excluding carboxylic acids is 2. The maximum Gasteiger partial charge on any atom is 0.253 e. The molecule has 0 saturated heterocycles. The molecule has 1 aliphatic carbocycles. The van der Waals surface area contributed by atoms with Crippen LogP contribution >= 0.6 is 0 Å². The number of nitrogens with zero attached hydrogens (tertiary/aromatic N) is 1. The van der Waals surface area contributed by atoms with Crippen LogP contribution in [0.5, 0.6) is 0 Å². The Bertz CT molecular complexity index is 505. The second kappa shape index (κ2) is 7.25. The topological polar surface area (TPSA) is 49.4 Å². The van der Waals surface area contributed by atoms with Crippen molar-refractivity contribution >= 4 is 17.5 Å². The number of anilines is 1. The van der Waals surface area contributed by atoms with Gasteiger partial charge in [-0.1, -0.05) is 31.7 Å². The SMILES string of the molecule is CC(=O)Nc1cccc(C(=O)N(C)C2CCCCCC2)c1. The molecule has 1 saturated carbocycles. The summed E-state index contributed by atoms with van der Waals surface area (Å²) in [5.74, 6) is -0.0918. The molecule has 0 spiro atoms. The standard InChI is InChI=1S/C17H24N2O2/c1-13(20)18-15-9-7-8-14(12-15)17(21)19(2)16-10-5-3-4-6-11-16/h7-9,12,16H,3-6,10-11H2,1-2H3,(H,18,20). The first kappa shape index (κ1) is 15.5. The van der Waals surface area contributed by atoms with Crippen molar-refractivity contribution in [3.63, 3.8) is 0 Å². The van der Waals surface area contributed by atoms with Crippen molar-refractivity contribution in [3.05, 3.63) is 29.8 Å². The predicted molar refractivity (Wildman–Crippen MR) is 84.3 cm³/mol. The maximum atomic E-state index is 12.6. The van der Waals surface area contributed by atoms with Gasteiger partial charge in [0.25, 0.3) is 5.91 Å². The van der Waals surface area contributed by atoms with Gasteiger partial charge in [-0.2, -0.15) is 0 Å². The van der Waals surface area contributed by atoms with Crippen molar-refractivity contribution in [1.82, 2.24) is 4.90 Å². The molecule has 0 aromatic heterocycles. The van der Waals surface area contributed by atoms with Gasteiger partial charge in [0.1, 0.15) is 0 Å². The molecule has 0 heterocycles. The zero-order valence-corrected chi connectivity index (χ0v) is 12.9. The number of nitrogens with one attached hydrogen (secondary N) is 1. The number of carbonyl (C=O) groups is 2. The van der Waals surface area contributed by atoms with Crippen molar-refractivity contribution in [2.75, 3.05) is 12.4 Å². The van der Waals surface area contributed by atoms with Crippen LogP contribution in [-0.2, 0) is 4.79 Å². The minimum atomic E-state index is -0.128. The molecule has 4 nitrogen and oxygen atoms in total. The second-order valence-corrected chi connectivity index (χ2v) is 5.82. The Hall–Kier alpha value is -1.84. The highest BCUT2D eigenvalue weighted by Crippen LogP contribution is 2.23. The number of benzene rings is 1. The van der Waals surface area contributed by atoms with E-state index in [0.717, 1.165) is 12.8 Å². The Morgan fingerprint density at radius 1 is 1.14 bits per heavy atom. The van der Waals surface area contributed by atoms with Gasteiger partial charge in [-0.25, -0.2) is 0 Å². The first-order valence-electron chi connectivity index (χ1n) is 7.73. The van der Waals surface area contributed by atoms with Crippen molar-refractivity contribution in [2.45, 2.75) is 51.5 Å². The van der Waals surface area contributed by atoms with E-state index in [-0.39, 0.29) is 11.8 Å². The molecule has 1 N–H and O–H groups in total. The van der Waals surface area contributed by atoms with E-state index >= 15 is 0 Å². The summed E-state index contributed by atoms with van der Waals surface area (Å²) in [5.41, 5.74) is 1.30. The van der Waals surface area contributed by atoms with E-state index in [9.17, 15) is 9.59 Å². The van der Waals surface area contributed by atoms with E-state index in [2.05, 4.69) is 5.32 Å². The van der Waals surface area contributed by atoms with Crippen LogP contribution in [0.25, 0.3) is 0 Å². The lowest BCUT2D eigenvalue weighted by Gasteiger charge is -2.27. The zero-order valence-electron chi connectivity index (χ0n) is 12.9. The monoisotopic (exact) mass is 288 g/mol. The van der Waals surface area contributed by atoms with Gasteiger partial charge >= 0.3 is 0 Å². The molecule has 21 heavy (non-hydrogen) atoms. The van der Waals surface area contributed by atoms with Gasteiger partial charge in [0.15, 0.2) is 0 Å². The lowest BCUT2D eigenvalue weighted by molar-refractivity contribution is -0.114. The molecule has 1 aromatic rings. The average molecular weight is 288 g/mol. The number of hydrogen-bond acceptors (Lipinski definition) is 2. The van der Waals surface area contributed by atoms with Gasteiger partial charge in [-0.05, 0) is 31.0 Å². The summed E-state index contributed by atoms with van der Waals surface area (Å²) in [7, 11) is 1.89. The van der Waals surface area contributed by atoms with Crippen LogP contribution in [0.15, 0.2) is 24.3 Å². The number of hydrogen-bond donors (Lipinski definition) is 1. The molecule has 4 heteroatoms. The summed E-state index contributed by atoms with van der Waals surface area (Å²) in [6, 6.07) is 7.49. The predicted octanol–water partition coefficient (Wildman–Crippen LogP) is 3.44. The van der Waals surface area contributed by atoms with E-state index in [0.29, 0.717) is 17.3 Å². The van der Waals surface area contributed by atoms with Gasteiger partial charge < -0.3 is 10.2 Å². The second-order valence-electron chi connectivity index (χ2n) is 5.82. The fourth-order valence-electron chi connectivity index (χ4n) is 2.95. The van der Waals surface area contributed by atoms with E-state index < -0.39 is 0 Å². The van der Waals surface area contributed by atoms with Crippen molar-refractivity contribution in [3.8, 4) is 0 Å². The summed E-state index contributed by atoms with van der Waals surface area (Å²) in [5, 5.41) is 2.72. The molecular formula is C17H24N2O2. The quantitative estimate of drug-likeness (QED) is 0.866. The molecule has 0 bridgehead atoms. The van der Waals surface area contributed by atoms with Crippen LogP contribution in [0.2, 0.25) is 0 Å². The summed E-state index contributed by atoms with van der Waals surface area (Å²) >= 11 is 0. The molecule has 0 aliphatic heterocycles. The lowest BCUT2D eigenvalue weighted by Crippen LogP contribution is -2.36. The van der Waals surface area contributed by atoms with Crippen molar-refractivity contribution in [2.24, 2.45) is 0 Å². The first-order chi connectivity index (χ1) is 10.1. The molecule has 1 aliphatic rings. The molecule has 1 aromatic carbocycles. The zero-order chi connectivity index (χ0) is 15.2. The van der Waals surface area contributed by atoms with Crippen LogP contribution in [0, 0.1) is 0 Å². The van der Waals surface area contributed by atoms with E-state index in [1.54, 1.807) is 24.3 Å². The lowest BCUT2D eigenvalue weighted by atomic mass is 10.1. The molecule has 2 amide bonds. The summed E-state index contributed by atoms with van der Waals surface area (Å²) < 4.78 is 0. The summed E-state index contributed by atoms with van der Waals surface area (Å²) in [4.78, 5) is 25.6. The third kappa shape index (κ3) is 4.31. The van der Waals surface area contributed by atoms with E-state index in [1.807, 2.05) is 11.9 Å². The Morgan fingerprint density at radius 3 is 2.43 bits per heavy atom. The van der Waals surface area contributed by atoms with E-state index in [4.69, 9.17) is 0 Å². The molecule has 2 rings (SSSR count). The fraction of sp³-hybridized carbons (Fsp3) is 0.529. The minimum Gasteiger partial charge on any atom is -0.339 e. The molecule has 1 fully saturated rings. The molecular weight excluding hydrogens is 264 g/mol. The first-order valence-corrected chi connectivity index (χ1v) is 7.73. The van der Waals surface area contributed by atoms with Gasteiger partial charge in [-0.3, -0.25) is 9.59 Å². The van der Waals surface area contributed by atoms with Crippen LogP contribution in [0.4, 0.5) is 5.69 Å². The third-order valence-electron chi connectivity index (χ3n) is 4.12. The van der Waals surface area contributed by atoms with Crippen LogP contribution in [-0.4, -0.2) is 29.8 Å². The molecule has 0 atom stereocenters. The van der Waals surface area contributed by atoms with Crippen LogP contribution in [0.1, 0.15) is 55.8 Å². The highest BCUT2D eigenvalue weighted by atomic mass is 16.2. The van der Waals surface area contributed by atoms with Crippen LogP contribution in [0.3, 0.4) is 0 Å². The highest BCUT2D eigenvalue weighted by molar-refractivity contribution is 5.96. The Labute approximate surface area is 126 Å². The number of amides is 2. The van der Waals surface area contributed by atoms with Crippen LogP contribution < -0.4 is 5.32 Å². The van der Waals surface area contributed by atoms with Gasteiger partial charge in [-0.15, -0.1) is 0 Å². The molecule has 0 unspecified atom stereocenters. The largest absolute Gasteiger partial charge is 0.339 e. The Morgan fingerprint density at radius 2 is 1.81 bits per heavy atom. The molecule has 114 valence electrons. The van der Waals surface area contributed by atoms with Gasteiger partial charge in [0.05, 0.1) is 0 Å². The van der Waals surface area contributed by atoms with E-state index in [1.165, 1.54) is 32.6 Å². The third-order valence-corrected chi connectivity index (χ3v) is 4.12. The van der Waals surface area contributed by atoms with Gasteiger partial charge in [0, 0.05) is 31.3 Å². The normalized spacial score (nSPS) is 16.1. The Balaban J connectivity index is 2.09. The molecule has 0 radical (unpaired) electrons. The van der Waals surface area contributed by atoms with Gasteiger partial charge in [0.2, 0.25) is 5.91 Å². The van der Waals surface area contributed by atoms with Crippen molar-refractivity contribution < 1.29 is 9.59 Å². The minimum absolute atomic E-state index is 0.0362. The van der Waals surface area contributed by atoms with Crippen molar-refractivity contribution in [1.29, 1.82) is 0 Å². The highest BCUT2D eigenvalue weighted by Gasteiger charge is 2.22. The fourth-order valence-corrected chi connectivity index (χ4v) is 2.95. The average Bonchev–Trinajstić information content (AvgIpc) is 2.74. The summed E-state index contributed by atoms with van der Waals surface area (Å²) in [6.07, 6.45) is 7.14.